The molecule has 132 valence electrons. The molecule has 2 N–H and O–H groups in total. The maximum Gasteiger partial charge on any atom is 0.243 e. The highest BCUT2D eigenvalue weighted by Crippen LogP contribution is 2.57. The molecule has 0 radical (unpaired) electrons. The fraction of sp³-hybridized carbons (Fsp3) is 0.368. The van der Waals surface area contributed by atoms with E-state index in [1.54, 1.807) is 10.9 Å². The third-order valence-corrected chi connectivity index (χ3v) is 5.83. The highest BCUT2D eigenvalue weighted by molar-refractivity contribution is 5.84. The summed E-state index contributed by atoms with van der Waals surface area (Å²) in [5, 5.41) is 0. The number of likely N-dealkylation sites (tertiary alicyclic amines) is 1. The van der Waals surface area contributed by atoms with E-state index in [0.717, 1.165) is 25.8 Å². The summed E-state index contributed by atoms with van der Waals surface area (Å²) in [6.07, 6.45) is 6.16. The second-order valence-corrected chi connectivity index (χ2v) is 7.30. The van der Waals surface area contributed by atoms with Crippen molar-refractivity contribution in [1.29, 1.82) is 0 Å². The van der Waals surface area contributed by atoms with Gasteiger partial charge in [0, 0.05) is 6.54 Å². The fourth-order valence-corrected chi connectivity index (χ4v) is 4.46. The standard InChI is InChI=1S/C19H20N6O/c20-17-16-18(22-11-21-17)24(12-23-16)10-15(26)25-7-6-14-9-19(14,25)8-13-4-2-1-3-5-13/h1-5,11-12,14H,6-10H2,(H2,20,21,22)/t14-,19+/m1/s1. The number of carbonyl (C=O) groups excluding carboxylic acids is 1. The van der Waals surface area contributed by atoms with Crippen LogP contribution in [0, 0.1) is 5.92 Å². The number of nitrogens with zero attached hydrogens (tertiary/aromatic N) is 5. The lowest BCUT2D eigenvalue weighted by Crippen LogP contribution is -2.43. The molecule has 2 aliphatic rings. The molecule has 7 heteroatoms. The van der Waals surface area contributed by atoms with Gasteiger partial charge in [0.05, 0.1) is 11.9 Å². The molecule has 1 aliphatic carbocycles. The lowest BCUT2D eigenvalue weighted by atomic mass is 10.0. The zero-order valence-corrected chi connectivity index (χ0v) is 14.4. The smallest absolute Gasteiger partial charge is 0.243 e. The highest BCUT2D eigenvalue weighted by atomic mass is 16.2. The summed E-state index contributed by atoms with van der Waals surface area (Å²) in [6, 6.07) is 10.4. The lowest BCUT2D eigenvalue weighted by molar-refractivity contribution is -0.133. The molecule has 3 aromatic rings. The van der Waals surface area contributed by atoms with Crippen molar-refractivity contribution in [2.45, 2.75) is 31.3 Å². The molecule has 0 spiro atoms. The molecule has 2 atom stereocenters. The highest BCUT2D eigenvalue weighted by Gasteiger charge is 2.62. The van der Waals surface area contributed by atoms with Crippen molar-refractivity contribution in [3.63, 3.8) is 0 Å². The van der Waals surface area contributed by atoms with Gasteiger partial charge in [-0.2, -0.15) is 0 Å². The van der Waals surface area contributed by atoms with Crippen LogP contribution >= 0.6 is 0 Å². The van der Waals surface area contributed by atoms with E-state index in [-0.39, 0.29) is 18.0 Å². The van der Waals surface area contributed by atoms with Crippen LogP contribution in [0.4, 0.5) is 5.82 Å². The van der Waals surface area contributed by atoms with Crippen molar-refractivity contribution in [2.75, 3.05) is 12.3 Å². The molecule has 2 fully saturated rings. The number of carbonyl (C=O) groups is 1. The molecule has 1 aliphatic heterocycles. The quantitative estimate of drug-likeness (QED) is 0.774. The van der Waals surface area contributed by atoms with Gasteiger partial charge in [0.25, 0.3) is 0 Å². The van der Waals surface area contributed by atoms with Gasteiger partial charge in [-0.15, -0.1) is 0 Å². The molecule has 5 rings (SSSR count). The number of amides is 1. The normalized spacial score (nSPS) is 24.0. The van der Waals surface area contributed by atoms with Crippen LogP contribution in [-0.2, 0) is 17.8 Å². The van der Waals surface area contributed by atoms with E-state index in [1.807, 2.05) is 6.07 Å². The second-order valence-electron chi connectivity index (χ2n) is 7.30. The van der Waals surface area contributed by atoms with Crippen LogP contribution in [0.1, 0.15) is 18.4 Å². The van der Waals surface area contributed by atoms with E-state index in [0.29, 0.717) is 22.9 Å². The largest absolute Gasteiger partial charge is 0.382 e. The second kappa shape index (κ2) is 5.52. The van der Waals surface area contributed by atoms with Gasteiger partial charge in [-0.25, -0.2) is 15.0 Å². The van der Waals surface area contributed by atoms with Crippen LogP contribution < -0.4 is 5.73 Å². The topological polar surface area (TPSA) is 89.9 Å². The molecule has 1 aromatic carbocycles. The maximum atomic E-state index is 13.1. The van der Waals surface area contributed by atoms with Crippen LogP contribution in [0.2, 0.25) is 0 Å². The SMILES string of the molecule is Nc1ncnc2c1ncn2CC(=O)N1CC[C@@H]2C[C@@]21Cc1ccccc1. The summed E-state index contributed by atoms with van der Waals surface area (Å²) < 4.78 is 1.77. The van der Waals surface area contributed by atoms with Crippen LogP contribution in [0.15, 0.2) is 43.0 Å². The predicted octanol–water partition coefficient (Wildman–Crippen LogP) is 1.64. The summed E-state index contributed by atoms with van der Waals surface area (Å²) in [7, 11) is 0. The third kappa shape index (κ3) is 2.27. The number of anilines is 1. The Morgan fingerprint density at radius 3 is 2.88 bits per heavy atom. The van der Waals surface area contributed by atoms with Crippen molar-refractivity contribution in [3.05, 3.63) is 48.5 Å². The van der Waals surface area contributed by atoms with E-state index >= 15 is 0 Å². The van der Waals surface area contributed by atoms with Gasteiger partial charge in [-0.1, -0.05) is 30.3 Å². The van der Waals surface area contributed by atoms with E-state index in [4.69, 9.17) is 5.73 Å². The Bertz CT molecular complexity index is 984. The zero-order chi connectivity index (χ0) is 17.7. The lowest BCUT2D eigenvalue weighted by Gasteiger charge is -2.29. The molecule has 1 amide bonds. The first kappa shape index (κ1) is 15.3. The number of fused-ring (bicyclic) bond motifs is 2. The van der Waals surface area contributed by atoms with Crippen molar-refractivity contribution in [2.24, 2.45) is 5.92 Å². The molecule has 0 bridgehead atoms. The van der Waals surface area contributed by atoms with E-state index in [9.17, 15) is 4.79 Å². The number of nitrogen functional groups attached to an aromatic ring is 1. The van der Waals surface area contributed by atoms with Crippen LogP contribution in [-0.4, -0.2) is 42.4 Å². The molecule has 26 heavy (non-hydrogen) atoms. The van der Waals surface area contributed by atoms with Gasteiger partial charge >= 0.3 is 0 Å². The molecule has 3 heterocycles. The monoisotopic (exact) mass is 348 g/mol. The fourth-order valence-electron chi connectivity index (χ4n) is 4.46. The molecule has 1 saturated carbocycles. The Balaban J connectivity index is 1.39. The van der Waals surface area contributed by atoms with Crippen molar-refractivity contribution in [1.82, 2.24) is 24.4 Å². The van der Waals surface area contributed by atoms with Crippen molar-refractivity contribution in [3.8, 4) is 0 Å². The molecular weight excluding hydrogens is 328 g/mol. The Labute approximate surface area is 150 Å². The number of benzene rings is 1. The number of rotatable bonds is 4. The number of hydrogen-bond donors (Lipinski definition) is 1. The summed E-state index contributed by atoms with van der Waals surface area (Å²) >= 11 is 0. The van der Waals surface area contributed by atoms with E-state index < -0.39 is 0 Å². The average Bonchev–Trinajstić information content (AvgIpc) is 2.99. The van der Waals surface area contributed by atoms with Gasteiger partial charge in [0.1, 0.15) is 18.4 Å². The summed E-state index contributed by atoms with van der Waals surface area (Å²) in [6.45, 7) is 1.07. The van der Waals surface area contributed by atoms with Crippen LogP contribution in [0.3, 0.4) is 0 Å². The summed E-state index contributed by atoms with van der Waals surface area (Å²) in [4.78, 5) is 27.6. The van der Waals surface area contributed by atoms with E-state index in [1.165, 1.54) is 11.9 Å². The zero-order valence-electron chi connectivity index (χ0n) is 14.4. The molecule has 7 nitrogen and oxygen atoms in total. The van der Waals surface area contributed by atoms with Gasteiger partial charge in [0.2, 0.25) is 5.91 Å². The summed E-state index contributed by atoms with van der Waals surface area (Å²) in [5.41, 5.74) is 8.29. The number of aromatic nitrogens is 4. The van der Waals surface area contributed by atoms with Crippen molar-refractivity contribution < 1.29 is 4.79 Å². The Kier molecular flexibility index (Phi) is 3.25. The predicted molar refractivity (Wildman–Crippen MR) is 97.0 cm³/mol. The first-order valence-corrected chi connectivity index (χ1v) is 8.93. The third-order valence-electron chi connectivity index (χ3n) is 5.83. The maximum absolute atomic E-state index is 13.1. The van der Waals surface area contributed by atoms with Crippen LogP contribution in [0.5, 0.6) is 0 Å². The number of hydrogen-bond acceptors (Lipinski definition) is 5. The molecular formula is C19H20N6O. The minimum absolute atomic E-state index is 0.00281. The first-order valence-electron chi connectivity index (χ1n) is 8.93. The minimum atomic E-state index is 0.00281. The molecule has 1 saturated heterocycles. The van der Waals surface area contributed by atoms with Crippen molar-refractivity contribution >= 4 is 22.9 Å². The van der Waals surface area contributed by atoms with Gasteiger partial charge < -0.3 is 15.2 Å². The number of piperidine rings is 1. The van der Waals surface area contributed by atoms with Gasteiger partial charge in [-0.05, 0) is 30.7 Å². The Hall–Kier alpha value is -2.96. The first-order chi connectivity index (χ1) is 12.7. The molecule has 0 unspecified atom stereocenters. The molecule has 2 aromatic heterocycles. The number of imidazole rings is 1. The Morgan fingerprint density at radius 2 is 2.08 bits per heavy atom. The van der Waals surface area contributed by atoms with Gasteiger partial charge in [0.15, 0.2) is 11.5 Å². The summed E-state index contributed by atoms with van der Waals surface area (Å²) in [5.74, 6) is 1.09. The van der Waals surface area contributed by atoms with Crippen LogP contribution in [0.25, 0.3) is 11.2 Å². The number of nitrogens with two attached hydrogens (primary N) is 1. The van der Waals surface area contributed by atoms with E-state index in [2.05, 4.69) is 44.1 Å². The minimum Gasteiger partial charge on any atom is -0.382 e. The Morgan fingerprint density at radius 1 is 1.23 bits per heavy atom. The average molecular weight is 348 g/mol. The van der Waals surface area contributed by atoms with Gasteiger partial charge in [-0.3, -0.25) is 4.79 Å².